The molecule has 0 fully saturated rings. The number of benzene rings is 3. The van der Waals surface area contributed by atoms with Gasteiger partial charge < -0.3 is 15.1 Å². The van der Waals surface area contributed by atoms with Gasteiger partial charge in [-0.3, -0.25) is 0 Å². The predicted molar refractivity (Wildman–Crippen MR) is 109 cm³/mol. The molecule has 0 bridgehead atoms. The molecular weight excluding hydrogens is 322 g/mol. The van der Waals surface area contributed by atoms with E-state index in [1.807, 2.05) is 18.2 Å². The Morgan fingerprint density at radius 2 is 1.46 bits per heavy atom. The minimum absolute atomic E-state index is 0.140. The van der Waals surface area contributed by atoms with E-state index in [-0.39, 0.29) is 11.5 Å². The summed E-state index contributed by atoms with van der Waals surface area (Å²) >= 11 is 0. The van der Waals surface area contributed by atoms with E-state index in [1.54, 1.807) is 6.07 Å². The highest BCUT2D eigenvalue weighted by Crippen LogP contribution is 2.41. The Hall–Kier alpha value is -2.94. The van der Waals surface area contributed by atoms with Crippen molar-refractivity contribution in [2.75, 3.05) is 18.0 Å². The number of nitrogens with zero attached hydrogens (tertiary/aromatic N) is 1. The monoisotopic (exact) mass is 347 g/mol. The fourth-order valence-corrected chi connectivity index (χ4v) is 3.40. The quantitative estimate of drug-likeness (QED) is 0.592. The van der Waals surface area contributed by atoms with Crippen molar-refractivity contribution in [3.8, 4) is 33.8 Å². The van der Waals surface area contributed by atoms with Crippen LogP contribution >= 0.6 is 0 Å². The molecule has 3 aromatic rings. The first kappa shape index (κ1) is 17.9. The molecule has 134 valence electrons. The Kier molecular flexibility index (Phi) is 5.17. The van der Waals surface area contributed by atoms with Gasteiger partial charge in [-0.25, -0.2) is 0 Å². The van der Waals surface area contributed by atoms with Crippen molar-refractivity contribution in [3.05, 3.63) is 66.2 Å². The zero-order chi connectivity index (χ0) is 18.7. The molecule has 2 N–H and O–H groups in total. The molecule has 0 saturated carbocycles. The summed E-state index contributed by atoms with van der Waals surface area (Å²) in [6.45, 7) is 8.21. The van der Waals surface area contributed by atoms with E-state index < -0.39 is 0 Å². The molecule has 0 unspecified atom stereocenters. The number of phenolic OH excluding ortho intramolecular Hbond substituents is 2. The highest BCUT2D eigenvalue weighted by molar-refractivity contribution is 5.91. The van der Waals surface area contributed by atoms with Crippen LogP contribution < -0.4 is 4.90 Å². The summed E-state index contributed by atoms with van der Waals surface area (Å²) in [5.41, 5.74) is 6.03. The largest absolute Gasteiger partial charge is 0.508 e. The van der Waals surface area contributed by atoms with E-state index in [9.17, 15) is 10.2 Å². The number of anilines is 1. The number of aryl methyl sites for hydroxylation is 1. The van der Waals surface area contributed by atoms with Gasteiger partial charge in [-0.05, 0) is 56.2 Å². The normalized spacial score (nSPS) is 10.7. The molecular formula is C23H25NO2. The standard InChI is InChI=1S/C23H25NO2/c1-4-24(5-2)22-9-7-6-8-19(22)20-14-16(3)10-12-18(20)21-15-17(25)11-13-23(21)26/h6-15,25-26H,4-5H2,1-3H3. The van der Waals surface area contributed by atoms with E-state index in [4.69, 9.17) is 0 Å². The Morgan fingerprint density at radius 3 is 2.19 bits per heavy atom. The molecule has 26 heavy (non-hydrogen) atoms. The van der Waals surface area contributed by atoms with Crippen LogP contribution in [0.4, 0.5) is 5.69 Å². The number of para-hydroxylation sites is 1. The number of aromatic hydroxyl groups is 2. The second-order valence-electron chi connectivity index (χ2n) is 6.44. The second-order valence-corrected chi connectivity index (χ2v) is 6.44. The number of hydrogen-bond donors (Lipinski definition) is 2. The molecule has 0 aliphatic carbocycles. The Balaban J connectivity index is 2.28. The minimum Gasteiger partial charge on any atom is -0.508 e. The van der Waals surface area contributed by atoms with Crippen LogP contribution in [0.3, 0.4) is 0 Å². The van der Waals surface area contributed by atoms with Gasteiger partial charge in [0.25, 0.3) is 0 Å². The molecule has 0 aliphatic rings. The van der Waals surface area contributed by atoms with Gasteiger partial charge in [-0.1, -0.05) is 42.0 Å². The first-order valence-electron chi connectivity index (χ1n) is 9.02. The molecule has 3 rings (SSSR count). The van der Waals surface area contributed by atoms with Gasteiger partial charge in [0.1, 0.15) is 11.5 Å². The summed E-state index contributed by atoms with van der Waals surface area (Å²) in [7, 11) is 0. The van der Waals surface area contributed by atoms with Crippen LogP contribution in [0.2, 0.25) is 0 Å². The van der Waals surface area contributed by atoms with Crippen molar-refractivity contribution in [2.24, 2.45) is 0 Å². The summed E-state index contributed by atoms with van der Waals surface area (Å²) in [6, 6.07) is 19.2. The third kappa shape index (κ3) is 3.38. The van der Waals surface area contributed by atoms with Crippen LogP contribution in [-0.2, 0) is 0 Å². The predicted octanol–water partition coefficient (Wildman–Crippen LogP) is 5.59. The van der Waals surface area contributed by atoms with Crippen molar-refractivity contribution in [2.45, 2.75) is 20.8 Å². The van der Waals surface area contributed by atoms with Crippen LogP contribution in [0.25, 0.3) is 22.3 Å². The number of phenols is 2. The first-order valence-corrected chi connectivity index (χ1v) is 9.02. The van der Waals surface area contributed by atoms with Crippen LogP contribution in [0, 0.1) is 6.92 Å². The summed E-state index contributed by atoms with van der Waals surface area (Å²) < 4.78 is 0. The SMILES string of the molecule is CCN(CC)c1ccccc1-c1cc(C)ccc1-c1cc(O)ccc1O. The maximum atomic E-state index is 10.4. The van der Waals surface area contributed by atoms with Crippen molar-refractivity contribution in [1.82, 2.24) is 0 Å². The number of rotatable bonds is 5. The lowest BCUT2D eigenvalue weighted by molar-refractivity contribution is 0.462. The summed E-state index contributed by atoms with van der Waals surface area (Å²) in [5.74, 6) is 0.301. The zero-order valence-corrected chi connectivity index (χ0v) is 15.5. The third-order valence-electron chi connectivity index (χ3n) is 4.74. The van der Waals surface area contributed by atoms with Crippen molar-refractivity contribution in [1.29, 1.82) is 0 Å². The lowest BCUT2D eigenvalue weighted by atomic mass is 9.91. The van der Waals surface area contributed by atoms with Crippen molar-refractivity contribution in [3.63, 3.8) is 0 Å². The van der Waals surface area contributed by atoms with Gasteiger partial charge in [0, 0.05) is 29.9 Å². The van der Waals surface area contributed by atoms with E-state index in [2.05, 4.69) is 49.9 Å². The molecule has 0 atom stereocenters. The van der Waals surface area contributed by atoms with Gasteiger partial charge >= 0.3 is 0 Å². The Labute approximate surface area is 155 Å². The summed E-state index contributed by atoms with van der Waals surface area (Å²) in [4.78, 5) is 2.32. The molecule has 3 heteroatoms. The molecule has 0 amide bonds. The highest BCUT2D eigenvalue weighted by Gasteiger charge is 2.16. The van der Waals surface area contributed by atoms with Gasteiger partial charge in [-0.2, -0.15) is 0 Å². The molecule has 0 radical (unpaired) electrons. The van der Waals surface area contributed by atoms with Gasteiger partial charge in [0.2, 0.25) is 0 Å². The molecule has 0 heterocycles. The van der Waals surface area contributed by atoms with Crippen LogP contribution in [0.1, 0.15) is 19.4 Å². The van der Waals surface area contributed by atoms with E-state index in [0.29, 0.717) is 5.56 Å². The van der Waals surface area contributed by atoms with E-state index in [0.717, 1.165) is 35.3 Å². The van der Waals surface area contributed by atoms with Crippen molar-refractivity contribution < 1.29 is 10.2 Å². The third-order valence-corrected chi connectivity index (χ3v) is 4.74. The Morgan fingerprint density at radius 1 is 0.731 bits per heavy atom. The molecule has 0 aliphatic heterocycles. The van der Waals surface area contributed by atoms with Crippen LogP contribution in [0.15, 0.2) is 60.7 Å². The Bertz CT molecular complexity index is 914. The maximum Gasteiger partial charge on any atom is 0.123 e. The topological polar surface area (TPSA) is 43.7 Å². The zero-order valence-electron chi connectivity index (χ0n) is 15.5. The first-order chi connectivity index (χ1) is 12.5. The molecule has 3 nitrogen and oxygen atoms in total. The fourth-order valence-electron chi connectivity index (χ4n) is 3.40. The number of hydrogen-bond acceptors (Lipinski definition) is 3. The lowest BCUT2D eigenvalue weighted by Crippen LogP contribution is -2.22. The molecule has 0 saturated heterocycles. The van der Waals surface area contributed by atoms with E-state index >= 15 is 0 Å². The molecule has 0 spiro atoms. The van der Waals surface area contributed by atoms with Crippen LogP contribution in [0.5, 0.6) is 11.5 Å². The second kappa shape index (κ2) is 7.52. The van der Waals surface area contributed by atoms with Crippen LogP contribution in [-0.4, -0.2) is 23.3 Å². The fraction of sp³-hybridized carbons (Fsp3) is 0.217. The molecule has 3 aromatic carbocycles. The van der Waals surface area contributed by atoms with Gasteiger partial charge in [0.15, 0.2) is 0 Å². The van der Waals surface area contributed by atoms with Gasteiger partial charge in [-0.15, -0.1) is 0 Å². The highest BCUT2D eigenvalue weighted by atomic mass is 16.3. The van der Waals surface area contributed by atoms with Gasteiger partial charge in [0.05, 0.1) is 0 Å². The smallest absolute Gasteiger partial charge is 0.123 e. The summed E-state index contributed by atoms with van der Waals surface area (Å²) in [6.07, 6.45) is 0. The average Bonchev–Trinajstić information content (AvgIpc) is 2.65. The minimum atomic E-state index is 0.140. The average molecular weight is 347 g/mol. The van der Waals surface area contributed by atoms with E-state index in [1.165, 1.54) is 17.8 Å². The van der Waals surface area contributed by atoms with Crippen molar-refractivity contribution >= 4 is 5.69 Å². The maximum absolute atomic E-state index is 10.4. The summed E-state index contributed by atoms with van der Waals surface area (Å²) in [5, 5.41) is 20.3. The molecule has 0 aromatic heterocycles. The lowest BCUT2D eigenvalue weighted by Gasteiger charge is -2.25.